The minimum Gasteiger partial charge on any atom is -0.371 e. The van der Waals surface area contributed by atoms with Crippen LogP contribution in [0.1, 0.15) is 23.5 Å². The van der Waals surface area contributed by atoms with E-state index in [1.807, 2.05) is 25.3 Å². The van der Waals surface area contributed by atoms with Crippen molar-refractivity contribution in [3.63, 3.8) is 0 Å². The van der Waals surface area contributed by atoms with E-state index in [9.17, 15) is 4.79 Å². The second-order valence-electron chi connectivity index (χ2n) is 2.88. The van der Waals surface area contributed by atoms with Crippen molar-refractivity contribution in [2.24, 2.45) is 0 Å². The lowest BCUT2D eigenvalue weighted by molar-refractivity contribution is 0.0587. The van der Waals surface area contributed by atoms with Gasteiger partial charge in [-0.1, -0.05) is 0 Å². The Morgan fingerprint density at radius 2 is 2.38 bits per heavy atom. The van der Waals surface area contributed by atoms with Gasteiger partial charge in [0.15, 0.2) is 5.78 Å². The summed E-state index contributed by atoms with van der Waals surface area (Å²) in [5, 5.41) is 1.88. The number of halogens is 1. The molecule has 0 fully saturated rings. The fraction of sp³-hybridized carbons (Fsp3) is 0.444. The summed E-state index contributed by atoms with van der Waals surface area (Å²) in [5.41, 5.74) is 0. The second kappa shape index (κ2) is 4.88. The highest BCUT2D eigenvalue weighted by molar-refractivity contribution is 9.10. The van der Waals surface area contributed by atoms with Gasteiger partial charge < -0.3 is 4.74 Å². The zero-order chi connectivity index (χ0) is 9.84. The average Bonchev–Trinajstić information content (AvgIpc) is 2.47. The molecule has 0 radical (unpaired) electrons. The maximum absolute atomic E-state index is 11.5. The molecule has 0 aliphatic carbocycles. The van der Waals surface area contributed by atoms with E-state index in [1.54, 1.807) is 0 Å². The zero-order valence-electron chi connectivity index (χ0n) is 7.54. The first-order chi connectivity index (χ1) is 6.11. The first kappa shape index (κ1) is 10.9. The van der Waals surface area contributed by atoms with Crippen LogP contribution in [0.4, 0.5) is 0 Å². The van der Waals surface area contributed by atoms with Crippen molar-refractivity contribution in [1.82, 2.24) is 0 Å². The molecule has 0 amide bonds. The quantitative estimate of drug-likeness (QED) is 0.780. The van der Waals surface area contributed by atoms with Crippen LogP contribution >= 0.6 is 27.3 Å². The summed E-state index contributed by atoms with van der Waals surface area (Å²) in [5.74, 6) is 0.0376. The molecule has 0 saturated carbocycles. The Morgan fingerprint density at radius 1 is 1.69 bits per heavy atom. The molecule has 2 nitrogen and oxygen atoms in total. The largest absolute Gasteiger partial charge is 0.371 e. The van der Waals surface area contributed by atoms with Crippen molar-refractivity contribution >= 4 is 33.0 Å². The SMILES string of the molecule is CC(C)OCC(=O)c1sccc1Br. The minimum absolute atomic E-state index is 0.0376. The molecule has 0 N–H and O–H groups in total. The Kier molecular flexibility index (Phi) is 4.09. The van der Waals surface area contributed by atoms with Crippen LogP contribution in [0.3, 0.4) is 0 Å². The molecule has 1 heterocycles. The second-order valence-corrected chi connectivity index (χ2v) is 4.65. The van der Waals surface area contributed by atoms with E-state index in [1.165, 1.54) is 11.3 Å². The number of hydrogen-bond acceptors (Lipinski definition) is 3. The van der Waals surface area contributed by atoms with Gasteiger partial charge in [0.25, 0.3) is 0 Å². The fourth-order valence-electron chi connectivity index (χ4n) is 0.801. The van der Waals surface area contributed by atoms with Crippen molar-refractivity contribution in [3.05, 3.63) is 20.8 Å². The fourth-order valence-corrected chi connectivity index (χ4v) is 2.32. The normalized spacial score (nSPS) is 10.8. The van der Waals surface area contributed by atoms with Crippen molar-refractivity contribution in [1.29, 1.82) is 0 Å². The minimum atomic E-state index is 0.0376. The van der Waals surface area contributed by atoms with Crippen LogP contribution in [-0.2, 0) is 4.74 Å². The number of Topliss-reactive ketones (excluding diaryl/α,β-unsaturated/α-hetero) is 1. The monoisotopic (exact) mass is 262 g/mol. The van der Waals surface area contributed by atoms with Crippen LogP contribution in [-0.4, -0.2) is 18.5 Å². The van der Waals surface area contributed by atoms with Crippen LogP contribution in [0.2, 0.25) is 0 Å². The Hall–Kier alpha value is -0.190. The Bertz CT molecular complexity index is 294. The van der Waals surface area contributed by atoms with Crippen molar-refractivity contribution in [2.45, 2.75) is 20.0 Å². The number of hydrogen-bond donors (Lipinski definition) is 0. The number of carbonyl (C=O) groups is 1. The summed E-state index contributed by atoms with van der Waals surface area (Å²) < 4.78 is 6.08. The molecule has 1 aromatic heterocycles. The van der Waals surface area contributed by atoms with Gasteiger partial charge in [0.2, 0.25) is 0 Å². The topological polar surface area (TPSA) is 26.3 Å². The molecule has 0 bridgehead atoms. The zero-order valence-corrected chi connectivity index (χ0v) is 9.94. The van der Waals surface area contributed by atoms with Gasteiger partial charge >= 0.3 is 0 Å². The van der Waals surface area contributed by atoms with E-state index in [0.717, 1.165) is 9.35 Å². The molecular formula is C9H11BrO2S. The van der Waals surface area contributed by atoms with E-state index < -0.39 is 0 Å². The third kappa shape index (κ3) is 3.21. The lowest BCUT2D eigenvalue weighted by Gasteiger charge is -2.05. The van der Waals surface area contributed by atoms with Gasteiger partial charge in [0, 0.05) is 4.47 Å². The molecule has 4 heteroatoms. The Morgan fingerprint density at radius 3 is 2.85 bits per heavy atom. The van der Waals surface area contributed by atoms with E-state index in [-0.39, 0.29) is 18.5 Å². The molecule has 1 aromatic rings. The molecule has 13 heavy (non-hydrogen) atoms. The maximum Gasteiger partial charge on any atom is 0.199 e. The van der Waals surface area contributed by atoms with Crippen LogP contribution in [0, 0.1) is 0 Å². The number of ketones is 1. The third-order valence-corrected chi connectivity index (χ3v) is 3.30. The molecule has 0 saturated heterocycles. The highest BCUT2D eigenvalue weighted by Gasteiger charge is 2.11. The van der Waals surface area contributed by atoms with Gasteiger partial charge in [-0.15, -0.1) is 11.3 Å². The Labute approximate surface area is 90.0 Å². The van der Waals surface area contributed by atoms with Crippen molar-refractivity contribution < 1.29 is 9.53 Å². The van der Waals surface area contributed by atoms with Crippen molar-refractivity contribution in [3.8, 4) is 0 Å². The number of rotatable bonds is 4. The van der Waals surface area contributed by atoms with Gasteiger partial charge in [-0.2, -0.15) is 0 Å². The third-order valence-electron chi connectivity index (χ3n) is 1.42. The summed E-state index contributed by atoms with van der Waals surface area (Å²) in [6.45, 7) is 3.99. The first-order valence-corrected chi connectivity index (χ1v) is 5.66. The van der Waals surface area contributed by atoms with Crippen molar-refractivity contribution in [2.75, 3.05) is 6.61 Å². The number of thiophene rings is 1. The molecule has 0 aliphatic rings. The molecular weight excluding hydrogens is 252 g/mol. The highest BCUT2D eigenvalue weighted by atomic mass is 79.9. The molecule has 1 rings (SSSR count). The molecule has 0 aliphatic heterocycles. The lowest BCUT2D eigenvalue weighted by Crippen LogP contribution is -2.12. The summed E-state index contributed by atoms with van der Waals surface area (Å²) in [6.07, 6.45) is 0.0997. The van der Waals surface area contributed by atoms with Gasteiger partial charge in [-0.05, 0) is 41.2 Å². The van der Waals surface area contributed by atoms with Gasteiger partial charge in [-0.25, -0.2) is 0 Å². The molecule has 0 unspecified atom stereocenters. The molecule has 0 spiro atoms. The van der Waals surface area contributed by atoms with Crippen LogP contribution in [0.5, 0.6) is 0 Å². The predicted molar refractivity (Wildman–Crippen MR) is 57.4 cm³/mol. The van der Waals surface area contributed by atoms with Gasteiger partial charge in [0.05, 0.1) is 11.0 Å². The summed E-state index contributed by atoms with van der Waals surface area (Å²) in [4.78, 5) is 12.2. The Balaban J connectivity index is 2.54. The predicted octanol–water partition coefficient (Wildman–Crippen LogP) is 3.12. The van der Waals surface area contributed by atoms with Crippen LogP contribution < -0.4 is 0 Å². The van der Waals surface area contributed by atoms with Crippen LogP contribution in [0.15, 0.2) is 15.9 Å². The number of carbonyl (C=O) groups excluding carboxylic acids is 1. The van der Waals surface area contributed by atoms with Gasteiger partial charge in [0.1, 0.15) is 6.61 Å². The van der Waals surface area contributed by atoms with Crippen LogP contribution in [0.25, 0.3) is 0 Å². The number of ether oxygens (including phenoxy) is 1. The lowest BCUT2D eigenvalue weighted by atomic mass is 10.3. The standard InChI is InChI=1S/C9H11BrO2S/c1-6(2)12-5-8(11)9-7(10)3-4-13-9/h3-4,6H,5H2,1-2H3. The molecule has 0 aromatic carbocycles. The average molecular weight is 263 g/mol. The van der Waals surface area contributed by atoms with E-state index in [2.05, 4.69) is 15.9 Å². The first-order valence-electron chi connectivity index (χ1n) is 3.99. The van der Waals surface area contributed by atoms with E-state index in [4.69, 9.17) is 4.74 Å². The highest BCUT2D eigenvalue weighted by Crippen LogP contribution is 2.23. The van der Waals surface area contributed by atoms with E-state index in [0.29, 0.717) is 0 Å². The summed E-state index contributed by atoms with van der Waals surface area (Å²) >= 11 is 4.74. The summed E-state index contributed by atoms with van der Waals surface area (Å²) in [6, 6.07) is 1.87. The smallest absolute Gasteiger partial charge is 0.199 e. The van der Waals surface area contributed by atoms with E-state index >= 15 is 0 Å². The maximum atomic E-state index is 11.5. The molecule has 72 valence electrons. The molecule has 0 atom stereocenters. The van der Waals surface area contributed by atoms with Gasteiger partial charge in [-0.3, -0.25) is 4.79 Å². The summed E-state index contributed by atoms with van der Waals surface area (Å²) in [7, 11) is 0.